The number of hydrogen-bond donors (Lipinski definition) is 2. The number of likely N-dealkylation sites (tertiary alicyclic amines) is 1. The van der Waals surface area contributed by atoms with Gasteiger partial charge >= 0.3 is 0 Å². The number of rotatable bonds is 4. The van der Waals surface area contributed by atoms with Gasteiger partial charge in [0.05, 0.1) is 6.42 Å². The number of amides is 1. The molecule has 1 aliphatic heterocycles. The summed E-state index contributed by atoms with van der Waals surface area (Å²) in [7, 11) is 0. The zero-order valence-corrected chi connectivity index (χ0v) is 11.2. The number of carbonyl (C=O) groups excluding carboxylic acids is 1. The smallest absolute Gasteiger partial charge is 0.227 e. The number of benzene rings is 1. The first-order valence-electron chi connectivity index (χ1n) is 6.96. The van der Waals surface area contributed by atoms with Crippen LogP contribution < -0.4 is 5.73 Å². The number of carbonyl (C=O) groups is 1. The quantitative estimate of drug-likeness (QED) is 0.809. The Morgan fingerprint density at radius 1 is 1.37 bits per heavy atom. The second-order valence-corrected chi connectivity index (χ2v) is 5.12. The Balaban J connectivity index is 2.03. The number of nitrogen functional groups attached to an aromatic ring is 1. The Labute approximate surface area is 114 Å². The minimum Gasteiger partial charge on any atom is -0.398 e. The molecule has 1 atom stereocenters. The minimum atomic E-state index is 0.121. The molecule has 1 aromatic carbocycles. The molecule has 1 aliphatic rings. The van der Waals surface area contributed by atoms with Crippen molar-refractivity contribution in [2.45, 2.75) is 38.1 Å². The van der Waals surface area contributed by atoms with E-state index < -0.39 is 0 Å². The van der Waals surface area contributed by atoms with Gasteiger partial charge in [-0.25, -0.2) is 0 Å². The van der Waals surface area contributed by atoms with E-state index in [2.05, 4.69) is 0 Å². The van der Waals surface area contributed by atoms with Gasteiger partial charge < -0.3 is 15.7 Å². The molecule has 3 N–H and O–H groups in total. The average molecular weight is 262 g/mol. The van der Waals surface area contributed by atoms with Crippen molar-refractivity contribution in [2.75, 3.05) is 18.9 Å². The standard InChI is InChI=1S/C15H22N2O2/c16-14-7-2-1-5-12(14)11-15(19)17-9-4-3-6-13(17)8-10-18/h1-2,5,7,13,18H,3-4,6,8-11,16H2. The SMILES string of the molecule is Nc1ccccc1CC(=O)N1CCCCC1CCO. The van der Waals surface area contributed by atoms with Crippen LogP contribution in [0.4, 0.5) is 5.69 Å². The summed E-state index contributed by atoms with van der Waals surface area (Å²) in [5.41, 5.74) is 7.44. The van der Waals surface area contributed by atoms with Gasteiger partial charge in [0.15, 0.2) is 0 Å². The van der Waals surface area contributed by atoms with E-state index in [4.69, 9.17) is 10.8 Å². The fraction of sp³-hybridized carbons (Fsp3) is 0.533. The molecule has 0 aliphatic carbocycles. The molecule has 0 spiro atoms. The Morgan fingerprint density at radius 2 is 2.16 bits per heavy atom. The third-order valence-corrected chi connectivity index (χ3v) is 3.81. The molecule has 4 heteroatoms. The van der Waals surface area contributed by atoms with Gasteiger partial charge in [-0.1, -0.05) is 18.2 Å². The van der Waals surface area contributed by atoms with E-state index in [9.17, 15) is 4.79 Å². The predicted octanol–water partition coefficient (Wildman–Crippen LogP) is 1.57. The van der Waals surface area contributed by atoms with Crippen LogP contribution in [-0.4, -0.2) is 35.1 Å². The Kier molecular flexibility index (Phi) is 4.80. The summed E-state index contributed by atoms with van der Waals surface area (Å²) in [5.74, 6) is 0.121. The molecule has 0 saturated carbocycles. The Morgan fingerprint density at radius 3 is 2.89 bits per heavy atom. The van der Waals surface area contributed by atoms with Gasteiger partial charge in [-0.05, 0) is 37.3 Å². The van der Waals surface area contributed by atoms with Crippen LogP contribution in [0.2, 0.25) is 0 Å². The molecule has 1 saturated heterocycles. The van der Waals surface area contributed by atoms with Crippen molar-refractivity contribution < 1.29 is 9.90 Å². The summed E-state index contributed by atoms with van der Waals surface area (Å²) in [5, 5.41) is 9.09. The summed E-state index contributed by atoms with van der Waals surface area (Å²) in [6, 6.07) is 7.69. The molecule has 104 valence electrons. The monoisotopic (exact) mass is 262 g/mol. The van der Waals surface area contributed by atoms with Gasteiger partial charge in [-0.3, -0.25) is 4.79 Å². The number of aliphatic hydroxyl groups is 1. The predicted molar refractivity (Wildman–Crippen MR) is 75.6 cm³/mol. The van der Waals surface area contributed by atoms with Gasteiger partial charge in [0.25, 0.3) is 0 Å². The Bertz CT molecular complexity index is 432. The van der Waals surface area contributed by atoms with E-state index in [1.54, 1.807) is 0 Å². The molecule has 0 radical (unpaired) electrons. The summed E-state index contributed by atoms with van der Waals surface area (Å²) in [6.45, 7) is 0.943. The van der Waals surface area contributed by atoms with Crippen LogP contribution in [0.25, 0.3) is 0 Å². The van der Waals surface area contributed by atoms with E-state index >= 15 is 0 Å². The highest BCUT2D eigenvalue weighted by atomic mass is 16.3. The molecule has 1 fully saturated rings. The summed E-state index contributed by atoms with van der Waals surface area (Å²) in [4.78, 5) is 14.3. The lowest BCUT2D eigenvalue weighted by molar-refractivity contribution is -0.134. The molecular formula is C15H22N2O2. The summed E-state index contributed by atoms with van der Waals surface area (Å²) < 4.78 is 0. The third kappa shape index (κ3) is 3.47. The van der Waals surface area contributed by atoms with Crippen LogP contribution in [0.3, 0.4) is 0 Å². The zero-order valence-electron chi connectivity index (χ0n) is 11.2. The number of para-hydroxylation sites is 1. The second kappa shape index (κ2) is 6.57. The lowest BCUT2D eigenvalue weighted by atomic mass is 9.98. The molecule has 1 unspecified atom stereocenters. The molecule has 2 rings (SSSR count). The van der Waals surface area contributed by atoms with Crippen molar-refractivity contribution in [2.24, 2.45) is 0 Å². The molecular weight excluding hydrogens is 240 g/mol. The first-order valence-corrected chi connectivity index (χ1v) is 6.96. The van der Waals surface area contributed by atoms with E-state index in [0.717, 1.165) is 31.4 Å². The fourth-order valence-electron chi connectivity index (χ4n) is 2.74. The third-order valence-electron chi connectivity index (χ3n) is 3.81. The number of piperidine rings is 1. The highest BCUT2D eigenvalue weighted by Crippen LogP contribution is 2.21. The molecule has 0 aromatic heterocycles. The fourth-order valence-corrected chi connectivity index (χ4v) is 2.74. The van der Waals surface area contributed by atoms with E-state index in [1.807, 2.05) is 29.2 Å². The Hall–Kier alpha value is -1.55. The largest absolute Gasteiger partial charge is 0.398 e. The van der Waals surface area contributed by atoms with Gasteiger partial charge in [0.2, 0.25) is 5.91 Å². The molecule has 1 amide bonds. The molecule has 4 nitrogen and oxygen atoms in total. The van der Waals surface area contributed by atoms with Crippen LogP contribution in [0, 0.1) is 0 Å². The van der Waals surface area contributed by atoms with Crippen LogP contribution in [0.1, 0.15) is 31.2 Å². The van der Waals surface area contributed by atoms with Gasteiger partial charge in [-0.2, -0.15) is 0 Å². The number of hydrogen-bond acceptors (Lipinski definition) is 3. The van der Waals surface area contributed by atoms with Crippen LogP contribution >= 0.6 is 0 Å². The highest BCUT2D eigenvalue weighted by Gasteiger charge is 2.26. The molecule has 19 heavy (non-hydrogen) atoms. The number of anilines is 1. The van der Waals surface area contributed by atoms with Crippen LogP contribution in [-0.2, 0) is 11.2 Å². The maximum Gasteiger partial charge on any atom is 0.227 e. The first kappa shape index (κ1) is 13.9. The van der Waals surface area contributed by atoms with Crippen molar-refractivity contribution >= 4 is 11.6 Å². The van der Waals surface area contributed by atoms with E-state index in [0.29, 0.717) is 18.5 Å². The van der Waals surface area contributed by atoms with Gasteiger partial charge in [0.1, 0.15) is 0 Å². The van der Waals surface area contributed by atoms with Crippen molar-refractivity contribution in [1.29, 1.82) is 0 Å². The lowest BCUT2D eigenvalue weighted by Gasteiger charge is -2.35. The van der Waals surface area contributed by atoms with Crippen LogP contribution in [0.15, 0.2) is 24.3 Å². The number of nitrogens with two attached hydrogens (primary N) is 1. The van der Waals surface area contributed by atoms with E-state index in [-0.39, 0.29) is 18.6 Å². The summed E-state index contributed by atoms with van der Waals surface area (Å²) in [6.07, 6.45) is 4.22. The molecule has 1 heterocycles. The lowest BCUT2D eigenvalue weighted by Crippen LogP contribution is -2.44. The number of aliphatic hydroxyl groups excluding tert-OH is 1. The maximum atomic E-state index is 12.4. The van der Waals surface area contributed by atoms with Gasteiger partial charge in [-0.15, -0.1) is 0 Å². The number of nitrogens with zero attached hydrogens (tertiary/aromatic N) is 1. The molecule has 1 aromatic rings. The van der Waals surface area contributed by atoms with Gasteiger partial charge in [0, 0.05) is 24.9 Å². The van der Waals surface area contributed by atoms with E-state index in [1.165, 1.54) is 0 Å². The van der Waals surface area contributed by atoms with Crippen molar-refractivity contribution in [1.82, 2.24) is 4.90 Å². The molecule has 0 bridgehead atoms. The van der Waals surface area contributed by atoms with Crippen molar-refractivity contribution in [3.8, 4) is 0 Å². The van der Waals surface area contributed by atoms with Crippen molar-refractivity contribution in [3.63, 3.8) is 0 Å². The summed E-state index contributed by atoms with van der Waals surface area (Å²) >= 11 is 0. The second-order valence-electron chi connectivity index (χ2n) is 5.12. The van der Waals surface area contributed by atoms with Crippen LogP contribution in [0.5, 0.6) is 0 Å². The maximum absolute atomic E-state index is 12.4. The van der Waals surface area contributed by atoms with Crippen molar-refractivity contribution in [3.05, 3.63) is 29.8 Å². The minimum absolute atomic E-state index is 0.121. The topological polar surface area (TPSA) is 66.6 Å². The average Bonchev–Trinajstić information content (AvgIpc) is 2.42. The highest BCUT2D eigenvalue weighted by molar-refractivity contribution is 5.80. The first-order chi connectivity index (χ1) is 9.22. The normalized spacial score (nSPS) is 19.4. The zero-order chi connectivity index (χ0) is 13.7.